The van der Waals surface area contributed by atoms with Crippen molar-refractivity contribution in [2.75, 3.05) is 36.2 Å². The second-order valence-electron chi connectivity index (χ2n) is 16.2. The van der Waals surface area contributed by atoms with E-state index in [2.05, 4.69) is 20.8 Å². The zero-order valence-corrected chi connectivity index (χ0v) is 35.6. The van der Waals surface area contributed by atoms with Gasteiger partial charge in [0.15, 0.2) is 0 Å². The number of rotatable bonds is 12. The van der Waals surface area contributed by atoms with Crippen LogP contribution < -0.4 is 19.3 Å². The number of amides is 4. The van der Waals surface area contributed by atoms with E-state index >= 15 is 0 Å². The van der Waals surface area contributed by atoms with Crippen LogP contribution in [0.4, 0.5) is 11.4 Å². The summed E-state index contributed by atoms with van der Waals surface area (Å²) in [6.45, 7) is 12.3. The quantitative estimate of drug-likeness (QED) is 0.0884. The molecule has 2 saturated heterocycles. The molecule has 0 aromatic heterocycles. The van der Waals surface area contributed by atoms with Crippen molar-refractivity contribution in [1.82, 2.24) is 0 Å². The lowest BCUT2D eigenvalue weighted by atomic mass is 9.85. The lowest BCUT2D eigenvalue weighted by Gasteiger charge is -2.25. The monoisotopic (exact) mass is 830 g/mol. The summed E-state index contributed by atoms with van der Waals surface area (Å²) in [5.74, 6) is -0.0558. The third kappa shape index (κ3) is 10.7. The number of benzene rings is 6. The van der Waals surface area contributed by atoms with Gasteiger partial charge < -0.3 is 18.9 Å². The van der Waals surface area contributed by atoms with Crippen molar-refractivity contribution in [3.8, 4) is 11.5 Å². The third-order valence-electron chi connectivity index (χ3n) is 10.3. The number of nitrogens with zero attached hydrogens (tertiary/aromatic N) is 2. The van der Waals surface area contributed by atoms with Gasteiger partial charge in [0.05, 0.1) is 24.6 Å². The normalized spacial score (nSPS) is 15.0. The Hall–Kier alpha value is -6.88. The zero-order chi connectivity index (χ0) is 43.8. The molecule has 2 atom stereocenters. The van der Waals surface area contributed by atoms with Crippen LogP contribution in [0.1, 0.15) is 78.9 Å². The highest BCUT2D eigenvalue weighted by molar-refractivity contribution is 6.27. The molecule has 0 radical (unpaired) electrons. The molecule has 2 heterocycles. The number of para-hydroxylation sites is 2. The SMILES string of the molecule is CC(C)(C)c1cc(C(=O)N(C(=O)c2ccccc2)c2ccccc2)ccc1OCC1CO1.Cc1cc(OCC2CO2)cc(C)c1C(=O)N(C(=O)c1ccccc1)c1ccccc1. The summed E-state index contributed by atoms with van der Waals surface area (Å²) in [6, 6.07) is 44.7. The standard InChI is InChI=1S/C27H27NO4.C25H23NO4/c1-27(2,3)23-16-20(14-15-24(23)32-18-22-17-31-22)26(30)28(21-12-8-5-9-13-21)25(29)19-10-6-4-7-11-19;1-17-13-21(29-15-22-16-30-22)14-18(2)23(17)25(28)26(20-11-7-4-8-12-20)24(27)19-9-5-3-6-10-19/h4-16,22H,17-18H2,1-3H3;3-14,22H,15-16H2,1-2H3. The first-order valence-electron chi connectivity index (χ1n) is 20.6. The highest BCUT2D eigenvalue weighted by atomic mass is 16.6. The van der Waals surface area contributed by atoms with Gasteiger partial charge in [-0.3, -0.25) is 19.2 Å². The molecule has 2 unspecified atom stereocenters. The molecule has 2 aliphatic rings. The van der Waals surface area contributed by atoms with E-state index in [1.54, 1.807) is 78.9 Å². The van der Waals surface area contributed by atoms with E-state index in [0.717, 1.165) is 35.7 Å². The van der Waals surface area contributed by atoms with Gasteiger partial charge in [-0.15, -0.1) is 0 Å². The Morgan fingerprint density at radius 1 is 0.532 bits per heavy atom. The van der Waals surface area contributed by atoms with E-state index in [1.165, 1.54) is 9.80 Å². The highest BCUT2D eigenvalue weighted by Crippen LogP contribution is 2.34. The van der Waals surface area contributed by atoms with Crippen LogP contribution in [0.5, 0.6) is 11.5 Å². The first kappa shape index (κ1) is 43.2. The number of hydrogen-bond donors (Lipinski definition) is 0. The van der Waals surface area contributed by atoms with Gasteiger partial charge in [-0.05, 0) is 109 Å². The Morgan fingerprint density at radius 3 is 1.37 bits per heavy atom. The topological polar surface area (TPSA) is 118 Å². The van der Waals surface area contributed by atoms with Gasteiger partial charge in [0.25, 0.3) is 23.6 Å². The predicted molar refractivity (Wildman–Crippen MR) is 240 cm³/mol. The van der Waals surface area contributed by atoms with Crippen LogP contribution in [-0.4, -0.2) is 62.3 Å². The summed E-state index contributed by atoms with van der Waals surface area (Å²) in [5.41, 5.74) is 5.05. The molecular formula is C52H50N2O8. The molecule has 0 aliphatic carbocycles. The summed E-state index contributed by atoms with van der Waals surface area (Å²) in [5, 5.41) is 0. The largest absolute Gasteiger partial charge is 0.491 e. The van der Waals surface area contributed by atoms with Gasteiger partial charge in [0, 0.05) is 27.8 Å². The van der Waals surface area contributed by atoms with Crippen molar-refractivity contribution in [2.24, 2.45) is 0 Å². The molecule has 4 amide bonds. The minimum atomic E-state index is -0.382. The van der Waals surface area contributed by atoms with Crippen molar-refractivity contribution in [3.63, 3.8) is 0 Å². The number of ether oxygens (including phenoxy) is 4. The number of imide groups is 2. The molecule has 2 aliphatic heterocycles. The Morgan fingerprint density at radius 2 is 0.935 bits per heavy atom. The van der Waals surface area contributed by atoms with Gasteiger partial charge in [-0.25, -0.2) is 9.80 Å². The van der Waals surface area contributed by atoms with Crippen LogP contribution in [0.15, 0.2) is 152 Å². The van der Waals surface area contributed by atoms with E-state index in [1.807, 2.05) is 86.6 Å². The molecule has 62 heavy (non-hydrogen) atoms. The van der Waals surface area contributed by atoms with E-state index in [4.69, 9.17) is 18.9 Å². The molecule has 6 aromatic rings. The fourth-order valence-corrected chi connectivity index (χ4v) is 6.89. The maximum Gasteiger partial charge on any atom is 0.265 e. The fourth-order valence-electron chi connectivity index (χ4n) is 6.89. The average Bonchev–Trinajstić information content (AvgIpc) is 4.23. The van der Waals surface area contributed by atoms with Crippen LogP contribution in [0.25, 0.3) is 0 Å². The third-order valence-corrected chi connectivity index (χ3v) is 10.3. The van der Waals surface area contributed by atoms with Crippen molar-refractivity contribution < 1.29 is 38.1 Å². The first-order valence-corrected chi connectivity index (χ1v) is 20.6. The van der Waals surface area contributed by atoms with Gasteiger partial charge in [0.2, 0.25) is 0 Å². The van der Waals surface area contributed by atoms with Crippen LogP contribution in [-0.2, 0) is 14.9 Å². The van der Waals surface area contributed by atoms with Crippen molar-refractivity contribution >= 4 is 35.0 Å². The average molecular weight is 831 g/mol. The molecule has 10 heteroatoms. The maximum absolute atomic E-state index is 13.7. The van der Waals surface area contributed by atoms with E-state index in [0.29, 0.717) is 52.6 Å². The molecule has 6 aromatic carbocycles. The summed E-state index contributed by atoms with van der Waals surface area (Å²) in [6.07, 6.45) is 0.296. The fraction of sp³-hybridized carbons (Fsp3) is 0.231. The van der Waals surface area contributed by atoms with Gasteiger partial charge in [0.1, 0.15) is 36.9 Å². The maximum atomic E-state index is 13.7. The highest BCUT2D eigenvalue weighted by Gasteiger charge is 2.31. The Kier molecular flexibility index (Phi) is 13.4. The number of carbonyl (C=O) groups excluding carboxylic acids is 4. The Bertz CT molecular complexity index is 2490. The predicted octanol–water partition coefficient (Wildman–Crippen LogP) is 9.82. The number of anilines is 2. The van der Waals surface area contributed by atoms with E-state index in [9.17, 15) is 19.2 Å². The van der Waals surface area contributed by atoms with Gasteiger partial charge in [-0.1, -0.05) is 93.6 Å². The van der Waals surface area contributed by atoms with Crippen LogP contribution in [0, 0.1) is 13.8 Å². The molecule has 0 bridgehead atoms. The number of carbonyl (C=O) groups is 4. The Labute approximate surface area is 362 Å². The smallest absolute Gasteiger partial charge is 0.265 e. The second-order valence-corrected chi connectivity index (χ2v) is 16.2. The minimum absolute atomic E-state index is 0.140. The van der Waals surface area contributed by atoms with Crippen molar-refractivity contribution in [1.29, 1.82) is 0 Å². The minimum Gasteiger partial charge on any atom is -0.491 e. The molecule has 0 spiro atoms. The molecule has 10 nitrogen and oxygen atoms in total. The molecule has 0 saturated carbocycles. The number of epoxide rings is 2. The van der Waals surface area contributed by atoms with E-state index in [-0.39, 0.29) is 41.3 Å². The summed E-state index contributed by atoms with van der Waals surface area (Å²) in [4.78, 5) is 56.4. The number of hydrogen-bond acceptors (Lipinski definition) is 8. The van der Waals surface area contributed by atoms with Crippen LogP contribution in [0.3, 0.4) is 0 Å². The van der Waals surface area contributed by atoms with Crippen LogP contribution >= 0.6 is 0 Å². The molecular weight excluding hydrogens is 781 g/mol. The summed E-state index contributed by atoms with van der Waals surface area (Å²) >= 11 is 0. The molecule has 2 fully saturated rings. The van der Waals surface area contributed by atoms with Crippen LogP contribution in [0.2, 0.25) is 0 Å². The van der Waals surface area contributed by atoms with Crippen molar-refractivity contribution in [3.05, 3.63) is 191 Å². The van der Waals surface area contributed by atoms with Crippen molar-refractivity contribution in [2.45, 2.75) is 52.2 Å². The summed E-state index contributed by atoms with van der Waals surface area (Å²) in [7, 11) is 0. The molecule has 8 rings (SSSR count). The lowest BCUT2D eigenvalue weighted by molar-refractivity contribution is 0.0881. The van der Waals surface area contributed by atoms with E-state index < -0.39 is 0 Å². The summed E-state index contributed by atoms with van der Waals surface area (Å²) < 4.78 is 22.2. The van der Waals surface area contributed by atoms with Gasteiger partial charge in [-0.2, -0.15) is 0 Å². The zero-order valence-electron chi connectivity index (χ0n) is 35.6. The van der Waals surface area contributed by atoms with Gasteiger partial charge >= 0.3 is 0 Å². The molecule has 0 N–H and O–H groups in total. The number of aryl methyl sites for hydroxylation is 2. The first-order chi connectivity index (χ1) is 29.9. The lowest BCUT2D eigenvalue weighted by Crippen LogP contribution is -2.37. The Balaban J connectivity index is 0.000000187. The second kappa shape index (κ2) is 19.2. The molecule has 316 valence electrons.